The molecular weight excluding hydrogens is 184 g/mol. The Labute approximate surface area is 78.7 Å². The molecule has 0 N–H and O–H groups in total. The number of hydrogen-bond donors (Lipinski definition) is 0. The summed E-state index contributed by atoms with van der Waals surface area (Å²) in [6.07, 6.45) is 3.83. The first kappa shape index (κ1) is 7.37. The van der Waals surface area contributed by atoms with Crippen LogP contribution in [0.25, 0.3) is 17.1 Å². The van der Waals surface area contributed by atoms with E-state index in [1.807, 2.05) is 12.2 Å². The number of aromatic nitrogens is 2. The maximum Gasteiger partial charge on any atom is 0.249 e. The van der Waals surface area contributed by atoms with Crippen molar-refractivity contribution in [3.63, 3.8) is 0 Å². The van der Waals surface area contributed by atoms with Gasteiger partial charge < -0.3 is 9.94 Å². The van der Waals surface area contributed by atoms with E-state index in [0.717, 1.165) is 5.56 Å². The lowest BCUT2D eigenvalue weighted by Crippen LogP contribution is -2.22. The highest BCUT2D eigenvalue weighted by Gasteiger charge is 2.15. The molecule has 0 saturated heterocycles. The van der Waals surface area contributed by atoms with Gasteiger partial charge in [0.25, 0.3) is 0 Å². The SMILES string of the molecule is [O-][n+]1onc2cc3c(cc21)OCC=C3. The van der Waals surface area contributed by atoms with Gasteiger partial charge in [-0.1, -0.05) is 6.08 Å². The van der Waals surface area contributed by atoms with Gasteiger partial charge in [0.15, 0.2) is 0 Å². The lowest BCUT2D eigenvalue weighted by atomic mass is 10.1. The Balaban J connectivity index is 2.36. The molecule has 0 spiro atoms. The third-order valence-corrected chi connectivity index (χ3v) is 2.15. The molecule has 0 amide bonds. The Hall–Kier alpha value is -2.04. The Morgan fingerprint density at radius 3 is 3.29 bits per heavy atom. The summed E-state index contributed by atoms with van der Waals surface area (Å²) >= 11 is 0. The molecule has 70 valence electrons. The molecule has 0 radical (unpaired) electrons. The summed E-state index contributed by atoms with van der Waals surface area (Å²) in [5.41, 5.74) is 1.84. The molecule has 2 heterocycles. The lowest BCUT2D eigenvalue weighted by Gasteiger charge is -2.10. The Bertz CT molecular complexity index is 530. The number of hydrogen-bond acceptors (Lipinski definition) is 4. The molecule has 3 rings (SSSR count). The molecule has 1 aliphatic heterocycles. The Morgan fingerprint density at radius 1 is 1.43 bits per heavy atom. The molecule has 5 heteroatoms. The summed E-state index contributed by atoms with van der Waals surface area (Å²) in [5, 5.41) is 14.7. The third kappa shape index (κ3) is 0.891. The molecule has 0 fully saturated rings. The molecule has 1 aliphatic rings. The third-order valence-electron chi connectivity index (χ3n) is 2.15. The van der Waals surface area contributed by atoms with Gasteiger partial charge in [-0.15, -0.1) is 0 Å². The van der Waals surface area contributed by atoms with Crippen molar-refractivity contribution >= 4 is 17.1 Å². The first-order valence-electron chi connectivity index (χ1n) is 4.17. The molecule has 1 aromatic heterocycles. The van der Waals surface area contributed by atoms with E-state index in [0.29, 0.717) is 28.3 Å². The zero-order chi connectivity index (χ0) is 9.54. The van der Waals surface area contributed by atoms with Gasteiger partial charge in [0.1, 0.15) is 12.4 Å². The molecule has 0 saturated carbocycles. The molecule has 0 atom stereocenters. The van der Waals surface area contributed by atoms with Gasteiger partial charge in [0, 0.05) is 22.9 Å². The van der Waals surface area contributed by atoms with Gasteiger partial charge in [-0.3, -0.25) is 4.63 Å². The number of ether oxygens (including phenoxy) is 1. The van der Waals surface area contributed by atoms with E-state index >= 15 is 0 Å². The monoisotopic (exact) mass is 190 g/mol. The second-order valence-electron chi connectivity index (χ2n) is 3.02. The van der Waals surface area contributed by atoms with Gasteiger partial charge in [-0.25, -0.2) is 0 Å². The standard InChI is InChI=1S/C9H6N2O3/c12-11-8-5-9-6(2-1-3-13-9)4-7(8)10-14-11/h1-2,4-5H,3H2. The van der Waals surface area contributed by atoms with E-state index in [-0.39, 0.29) is 0 Å². The van der Waals surface area contributed by atoms with E-state index < -0.39 is 0 Å². The minimum Gasteiger partial charge on any atom is -0.489 e. The first-order chi connectivity index (χ1) is 6.84. The average molecular weight is 190 g/mol. The largest absolute Gasteiger partial charge is 0.489 e. The first-order valence-corrected chi connectivity index (χ1v) is 4.17. The summed E-state index contributed by atoms with van der Waals surface area (Å²) < 4.78 is 9.81. The maximum absolute atomic E-state index is 11.1. The van der Waals surface area contributed by atoms with Crippen LogP contribution in [0.1, 0.15) is 5.56 Å². The van der Waals surface area contributed by atoms with Crippen molar-refractivity contribution in [2.45, 2.75) is 0 Å². The maximum atomic E-state index is 11.1. The Kier molecular flexibility index (Phi) is 1.30. The van der Waals surface area contributed by atoms with Crippen LogP contribution < -0.4 is 9.64 Å². The van der Waals surface area contributed by atoms with Crippen molar-refractivity contribution in [3.8, 4) is 5.75 Å². The molecule has 0 aliphatic carbocycles. The predicted octanol–water partition coefficient (Wildman–Crippen LogP) is 0.867. The van der Waals surface area contributed by atoms with Crippen LogP contribution in [0.2, 0.25) is 0 Å². The van der Waals surface area contributed by atoms with Crippen molar-refractivity contribution in [2.24, 2.45) is 0 Å². The van der Waals surface area contributed by atoms with Gasteiger partial charge in [-0.05, 0) is 11.0 Å². The summed E-state index contributed by atoms with van der Waals surface area (Å²) in [4.78, 5) is 0.372. The fourth-order valence-electron chi connectivity index (χ4n) is 1.49. The van der Waals surface area contributed by atoms with Crippen molar-refractivity contribution in [2.75, 3.05) is 6.61 Å². The van der Waals surface area contributed by atoms with Crippen LogP contribution in [0.3, 0.4) is 0 Å². The number of fused-ring (bicyclic) bond motifs is 2. The van der Waals surface area contributed by atoms with Crippen LogP contribution in [0, 0.1) is 5.21 Å². The van der Waals surface area contributed by atoms with Crippen molar-refractivity contribution in [3.05, 3.63) is 29.0 Å². The van der Waals surface area contributed by atoms with Gasteiger partial charge in [0.2, 0.25) is 11.0 Å². The highest BCUT2D eigenvalue weighted by molar-refractivity contribution is 5.78. The zero-order valence-corrected chi connectivity index (χ0v) is 7.14. The van der Waals surface area contributed by atoms with Crippen molar-refractivity contribution < 1.29 is 14.3 Å². The second kappa shape index (κ2) is 2.47. The average Bonchev–Trinajstić information content (AvgIpc) is 2.57. The zero-order valence-electron chi connectivity index (χ0n) is 7.14. The molecule has 0 unspecified atom stereocenters. The van der Waals surface area contributed by atoms with Gasteiger partial charge >= 0.3 is 0 Å². The van der Waals surface area contributed by atoms with Crippen LogP contribution in [0.5, 0.6) is 5.75 Å². The highest BCUT2D eigenvalue weighted by atomic mass is 16.8. The van der Waals surface area contributed by atoms with Crippen molar-refractivity contribution in [1.29, 1.82) is 0 Å². The van der Waals surface area contributed by atoms with Gasteiger partial charge in [0.05, 0.1) is 0 Å². The van der Waals surface area contributed by atoms with Crippen LogP contribution >= 0.6 is 0 Å². The fraction of sp³-hybridized carbons (Fsp3) is 0.111. The van der Waals surface area contributed by atoms with Crippen LogP contribution in [-0.4, -0.2) is 11.8 Å². The number of rotatable bonds is 0. The number of nitrogens with zero attached hydrogens (tertiary/aromatic N) is 2. The predicted molar refractivity (Wildman–Crippen MR) is 47.5 cm³/mol. The van der Waals surface area contributed by atoms with E-state index in [4.69, 9.17) is 4.74 Å². The topological polar surface area (TPSA) is 62.2 Å². The number of benzene rings is 1. The molecule has 1 aromatic carbocycles. The van der Waals surface area contributed by atoms with Crippen LogP contribution in [-0.2, 0) is 0 Å². The summed E-state index contributed by atoms with van der Waals surface area (Å²) in [6, 6.07) is 3.40. The lowest BCUT2D eigenvalue weighted by molar-refractivity contribution is -0.782. The van der Waals surface area contributed by atoms with E-state index in [9.17, 15) is 5.21 Å². The van der Waals surface area contributed by atoms with E-state index in [1.165, 1.54) is 0 Å². The van der Waals surface area contributed by atoms with Crippen molar-refractivity contribution in [1.82, 2.24) is 5.16 Å². The van der Waals surface area contributed by atoms with Gasteiger partial charge in [-0.2, -0.15) is 0 Å². The smallest absolute Gasteiger partial charge is 0.249 e. The summed E-state index contributed by atoms with van der Waals surface area (Å²) in [5.74, 6) is 0.688. The highest BCUT2D eigenvalue weighted by Crippen LogP contribution is 2.26. The minimum atomic E-state index is 0.372. The molecular formula is C9H6N2O3. The quantitative estimate of drug-likeness (QED) is 0.578. The van der Waals surface area contributed by atoms with E-state index in [2.05, 4.69) is 9.79 Å². The minimum absolute atomic E-state index is 0.372. The van der Waals surface area contributed by atoms with Crippen LogP contribution in [0.4, 0.5) is 0 Å². The Morgan fingerprint density at radius 2 is 2.36 bits per heavy atom. The normalized spacial score (nSPS) is 14.0. The summed E-state index contributed by atoms with van der Waals surface area (Å²) in [6.45, 7) is 0.530. The molecule has 14 heavy (non-hydrogen) atoms. The second-order valence-corrected chi connectivity index (χ2v) is 3.02. The summed E-state index contributed by atoms with van der Waals surface area (Å²) in [7, 11) is 0. The molecule has 2 aromatic rings. The molecule has 0 bridgehead atoms. The fourth-order valence-corrected chi connectivity index (χ4v) is 1.49. The molecule has 5 nitrogen and oxygen atoms in total. The van der Waals surface area contributed by atoms with E-state index in [1.54, 1.807) is 12.1 Å². The van der Waals surface area contributed by atoms with Crippen LogP contribution in [0.15, 0.2) is 22.8 Å².